The standard InChI is InChI=1S/C10H20N2O2/c1-3-6-11-10(14)9-12(4-2)7-5-8-13/h3,13H,1,4-9H2,2H3,(H,11,14). The van der Waals surface area contributed by atoms with Gasteiger partial charge in [0.15, 0.2) is 0 Å². The molecule has 0 atom stereocenters. The van der Waals surface area contributed by atoms with Gasteiger partial charge in [0.25, 0.3) is 0 Å². The molecule has 2 N–H and O–H groups in total. The van der Waals surface area contributed by atoms with Crippen LogP contribution in [0, 0.1) is 0 Å². The number of nitrogens with zero attached hydrogens (tertiary/aromatic N) is 1. The number of likely N-dealkylation sites (N-methyl/N-ethyl adjacent to an activating group) is 1. The normalized spacial score (nSPS) is 10.2. The van der Waals surface area contributed by atoms with E-state index in [0.29, 0.717) is 19.5 Å². The number of aliphatic hydroxyl groups is 1. The lowest BCUT2D eigenvalue weighted by atomic mass is 10.3. The average molecular weight is 200 g/mol. The zero-order chi connectivity index (χ0) is 10.8. The lowest BCUT2D eigenvalue weighted by Crippen LogP contribution is -2.37. The predicted octanol–water partition coefficient (Wildman–Crippen LogP) is -0.00710. The van der Waals surface area contributed by atoms with Crippen molar-refractivity contribution in [2.45, 2.75) is 13.3 Å². The third kappa shape index (κ3) is 6.62. The third-order valence-corrected chi connectivity index (χ3v) is 1.89. The van der Waals surface area contributed by atoms with E-state index >= 15 is 0 Å². The lowest BCUT2D eigenvalue weighted by molar-refractivity contribution is -0.122. The van der Waals surface area contributed by atoms with E-state index in [1.54, 1.807) is 6.08 Å². The van der Waals surface area contributed by atoms with E-state index in [4.69, 9.17) is 5.11 Å². The minimum Gasteiger partial charge on any atom is -0.396 e. The SMILES string of the molecule is C=CCNC(=O)CN(CC)CCCO. The smallest absolute Gasteiger partial charge is 0.234 e. The summed E-state index contributed by atoms with van der Waals surface area (Å²) in [4.78, 5) is 13.3. The Hall–Kier alpha value is -0.870. The first-order valence-corrected chi connectivity index (χ1v) is 4.95. The van der Waals surface area contributed by atoms with Gasteiger partial charge in [0.2, 0.25) is 5.91 Å². The van der Waals surface area contributed by atoms with E-state index in [9.17, 15) is 4.79 Å². The second-order valence-corrected chi connectivity index (χ2v) is 3.04. The van der Waals surface area contributed by atoms with Crippen molar-refractivity contribution in [1.82, 2.24) is 10.2 Å². The molecule has 1 amide bonds. The first-order valence-electron chi connectivity index (χ1n) is 4.95. The molecule has 0 aliphatic heterocycles. The van der Waals surface area contributed by atoms with Crippen LogP contribution in [0.4, 0.5) is 0 Å². The third-order valence-electron chi connectivity index (χ3n) is 1.89. The number of amides is 1. The number of carbonyl (C=O) groups is 1. The number of hydrogen-bond acceptors (Lipinski definition) is 3. The van der Waals surface area contributed by atoms with Crippen molar-refractivity contribution in [2.24, 2.45) is 0 Å². The monoisotopic (exact) mass is 200 g/mol. The highest BCUT2D eigenvalue weighted by Gasteiger charge is 2.06. The molecule has 0 rings (SSSR count). The summed E-state index contributed by atoms with van der Waals surface area (Å²) in [5.74, 6) is 0.00434. The fraction of sp³-hybridized carbons (Fsp3) is 0.700. The van der Waals surface area contributed by atoms with Crippen LogP contribution in [0.15, 0.2) is 12.7 Å². The van der Waals surface area contributed by atoms with Crippen molar-refractivity contribution in [3.8, 4) is 0 Å². The van der Waals surface area contributed by atoms with Gasteiger partial charge in [0.05, 0.1) is 6.54 Å². The van der Waals surface area contributed by atoms with Crippen molar-refractivity contribution >= 4 is 5.91 Å². The van der Waals surface area contributed by atoms with Crippen LogP contribution < -0.4 is 5.32 Å². The lowest BCUT2D eigenvalue weighted by Gasteiger charge is -2.18. The van der Waals surface area contributed by atoms with Crippen molar-refractivity contribution in [3.63, 3.8) is 0 Å². The molecule has 82 valence electrons. The molecule has 0 aromatic heterocycles. The minimum atomic E-state index is 0.00434. The molecule has 4 heteroatoms. The van der Waals surface area contributed by atoms with Crippen LogP contribution in [0.25, 0.3) is 0 Å². The molecule has 0 aliphatic rings. The van der Waals surface area contributed by atoms with E-state index in [2.05, 4.69) is 11.9 Å². The number of carbonyl (C=O) groups excluding carboxylic acids is 1. The molecule has 4 nitrogen and oxygen atoms in total. The van der Waals surface area contributed by atoms with Gasteiger partial charge < -0.3 is 10.4 Å². The summed E-state index contributed by atoms with van der Waals surface area (Å²) < 4.78 is 0. The largest absolute Gasteiger partial charge is 0.396 e. The van der Waals surface area contributed by atoms with Gasteiger partial charge in [-0.25, -0.2) is 0 Å². The Morgan fingerprint density at radius 1 is 1.64 bits per heavy atom. The van der Waals surface area contributed by atoms with Gasteiger partial charge in [-0.1, -0.05) is 13.0 Å². The fourth-order valence-corrected chi connectivity index (χ4v) is 1.09. The van der Waals surface area contributed by atoms with Crippen LogP contribution in [0.3, 0.4) is 0 Å². The van der Waals surface area contributed by atoms with E-state index in [1.807, 2.05) is 11.8 Å². The predicted molar refractivity (Wildman–Crippen MR) is 57.0 cm³/mol. The molecule has 0 unspecified atom stereocenters. The maximum Gasteiger partial charge on any atom is 0.234 e. The Morgan fingerprint density at radius 3 is 2.86 bits per heavy atom. The Bertz CT molecular complexity index is 172. The van der Waals surface area contributed by atoms with E-state index in [0.717, 1.165) is 13.1 Å². The molecule has 0 bridgehead atoms. The number of nitrogens with one attached hydrogen (secondary N) is 1. The van der Waals surface area contributed by atoms with Gasteiger partial charge in [-0.2, -0.15) is 0 Å². The van der Waals surface area contributed by atoms with Crippen molar-refractivity contribution < 1.29 is 9.90 Å². The Kier molecular flexibility index (Phi) is 8.17. The topological polar surface area (TPSA) is 52.6 Å². The maximum absolute atomic E-state index is 11.3. The molecule has 0 spiro atoms. The molecule has 14 heavy (non-hydrogen) atoms. The van der Waals surface area contributed by atoms with Gasteiger partial charge in [0, 0.05) is 19.7 Å². The number of aliphatic hydroxyl groups excluding tert-OH is 1. The Balaban J connectivity index is 3.67. The average Bonchev–Trinajstić information content (AvgIpc) is 2.21. The summed E-state index contributed by atoms with van der Waals surface area (Å²) in [7, 11) is 0. The summed E-state index contributed by atoms with van der Waals surface area (Å²) in [5.41, 5.74) is 0. The Morgan fingerprint density at radius 2 is 2.36 bits per heavy atom. The van der Waals surface area contributed by atoms with E-state index in [1.165, 1.54) is 0 Å². The molecule has 0 aromatic carbocycles. The van der Waals surface area contributed by atoms with Gasteiger partial charge >= 0.3 is 0 Å². The summed E-state index contributed by atoms with van der Waals surface area (Å²) in [6, 6.07) is 0. The van der Waals surface area contributed by atoms with Gasteiger partial charge in [-0.05, 0) is 13.0 Å². The highest BCUT2D eigenvalue weighted by molar-refractivity contribution is 5.78. The first kappa shape index (κ1) is 13.1. The fourth-order valence-electron chi connectivity index (χ4n) is 1.09. The first-order chi connectivity index (χ1) is 6.74. The van der Waals surface area contributed by atoms with Gasteiger partial charge in [-0.3, -0.25) is 9.69 Å². The molecule has 0 saturated heterocycles. The van der Waals surface area contributed by atoms with Crippen molar-refractivity contribution in [3.05, 3.63) is 12.7 Å². The van der Waals surface area contributed by atoms with Crippen LogP contribution in [-0.4, -0.2) is 48.7 Å². The van der Waals surface area contributed by atoms with Gasteiger partial charge in [0.1, 0.15) is 0 Å². The highest BCUT2D eigenvalue weighted by atomic mass is 16.3. The van der Waals surface area contributed by atoms with Crippen molar-refractivity contribution in [2.75, 3.05) is 32.8 Å². The molecule has 0 fully saturated rings. The number of hydrogen-bond donors (Lipinski definition) is 2. The van der Waals surface area contributed by atoms with Gasteiger partial charge in [-0.15, -0.1) is 6.58 Å². The van der Waals surface area contributed by atoms with Crippen LogP contribution in [0.2, 0.25) is 0 Å². The van der Waals surface area contributed by atoms with Crippen LogP contribution in [-0.2, 0) is 4.79 Å². The number of rotatable bonds is 8. The molecular weight excluding hydrogens is 180 g/mol. The van der Waals surface area contributed by atoms with E-state index < -0.39 is 0 Å². The molecule has 0 radical (unpaired) electrons. The summed E-state index contributed by atoms with van der Waals surface area (Å²) in [6.07, 6.45) is 2.37. The zero-order valence-electron chi connectivity index (χ0n) is 8.83. The quantitative estimate of drug-likeness (QED) is 0.542. The highest BCUT2D eigenvalue weighted by Crippen LogP contribution is 1.90. The van der Waals surface area contributed by atoms with E-state index in [-0.39, 0.29) is 12.5 Å². The summed E-state index contributed by atoms with van der Waals surface area (Å²) in [5, 5.41) is 11.4. The second kappa shape index (κ2) is 8.72. The van der Waals surface area contributed by atoms with Crippen LogP contribution >= 0.6 is 0 Å². The molecular formula is C10H20N2O2. The zero-order valence-corrected chi connectivity index (χ0v) is 8.83. The molecule has 0 heterocycles. The van der Waals surface area contributed by atoms with Crippen LogP contribution in [0.1, 0.15) is 13.3 Å². The van der Waals surface area contributed by atoms with Crippen LogP contribution in [0.5, 0.6) is 0 Å². The second-order valence-electron chi connectivity index (χ2n) is 3.04. The molecule has 0 aromatic rings. The Labute approximate surface area is 85.6 Å². The summed E-state index contributed by atoms with van der Waals surface area (Å²) in [6.45, 7) is 8.17. The summed E-state index contributed by atoms with van der Waals surface area (Å²) >= 11 is 0. The van der Waals surface area contributed by atoms with Crippen molar-refractivity contribution in [1.29, 1.82) is 0 Å². The maximum atomic E-state index is 11.3. The molecule has 0 aliphatic carbocycles. The molecule has 0 saturated carbocycles. The minimum absolute atomic E-state index is 0.00434.